The zero-order chi connectivity index (χ0) is 15.0. The first-order valence-corrected chi connectivity index (χ1v) is 6.69. The molecule has 4 nitrogen and oxygen atoms in total. The fraction of sp³-hybridized carbons (Fsp3) is 0.0714. The van der Waals surface area contributed by atoms with Crippen molar-refractivity contribution in [3.05, 3.63) is 52.0 Å². The fourth-order valence-corrected chi connectivity index (χ4v) is 2.17. The van der Waals surface area contributed by atoms with Crippen LogP contribution in [0.2, 0.25) is 0 Å². The van der Waals surface area contributed by atoms with Crippen molar-refractivity contribution in [1.82, 2.24) is 0 Å². The summed E-state index contributed by atoms with van der Waals surface area (Å²) in [5, 5.41) is 2.31. The number of ether oxygens (including phenoxy) is 2. The van der Waals surface area contributed by atoms with Gasteiger partial charge >= 0.3 is 0 Å². The lowest BCUT2D eigenvalue weighted by atomic mass is 10.2. The van der Waals surface area contributed by atoms with Crippen LogP contribution in [0, 0.1) is 11.6 Å². The molecule has 0 bridgehead atoms. The topological polar surface area (TPSA) is 47.6 Å². The van der Waals surface area contributed by atoms with E-state index in [1.165, 1.54) is 12.1 Å². The molecule has 3 rings (SSSR count). The number of rotatable bonds is 2. The van der Waals surface area contributed by atoms with Crippen LogP contribution in [0.1, 0.15) is 10.4 Å². The summed E-state index contributed by atoms with van der Waals surface area (Å²) in [6, 6.07) is 6.42. The number of anilines is 1. The molecule has 1 aliphatic heterocycles. The maximum atomic E-state index is 13.7. The molecule has 0 atom stereocenters. The van der Waals surface area contributed by atoms with E-state index >= 15 is 0 Å². The molecule has 0 fully saturated rings. The first kappa shape index (κ1) is 13.8. The fourth-order valence-electron chi connectivity index (χ4n) is 1.85. The minimum absolute atomic E-state index is 0.0129. The lowest BCUT2D eigenvalue weighted by Gasteiger charge is -2.08. The molecule has 0 radical (unpaired) electrons. The summed E-state index contributed by atoms with van der Waals surface area (Å²) in [5.74, 6) is -1.01. The Bertz CT molecular complexity index is 736. The predicted molar refractivity (Wildman–Crippen MR) is 74.6 cm³/mol. The van der Waals surface area contributed by atoms with Crippen LogP contribution >= 0.6 is 15.9 Å². The first-order valence-electron chi connectivity index (χ1n) is 5.90. The van der Waals surface area contributed by atoms with Crippen LogP contribution in [0.15, 0.2) is 34.8 Å². The van der Waals surface area contributed by atoms with Gasteiger partial charge in [0.2, 0.25) is 6.79 Å². The van der Waals surface area contributed by atoms with Gasteiger partial charge in [-0.1, -0.05) is 0 Å². The van der Waals surface area contributed by atoms with Crippen molar-refractivity contribution >= 4 is 27.5 Å². The Morgan fingerprint density at radius 3 is 2.67 bits per heavy atom. The molecule has 0 saturated heterocycles. The van der Waals surface area contributed by atoms with Crippen molar-refractivity contribution in [2.24, 2.45) is 0 Å². The van der Waals surface area contributed by atoms with Crippen LogP contribution in [0.25, 0.3) is 0 Å². The molecule has 7 heteroatoms. The zero-order valence-corrected chi connectivity index (χ0v) is 12.0. The summed E-state index contributed by atoms with van der Waals surface area (Å²) in [4.78, 5) is 12.1. The molecule has 2 aromatic carbocycles. The van der Waals surface area contributed by atoms with E-state index in [0.717, 1.165) is 12.1 Å². The molecular weight excluding hydrogens is 348 g/mol. The average molecular weight is 356 g/mol. The molecule has 0 spiro atoms. The van der Waals surface area contributed by atoms with Crippen molar-refractivity contribution < 1.29 is 23.0 Å². The normalized spacial score (nSPS) is 12.3. The minimum atomic E-state index is -0.739. The lowest BCUT2D eigenvalue weighted by Crippen LogP contribution is -2.13. The predicted octanol–water partition coefficient (Wildman–Crippen LogP) is 3.71. The third-order valence-corrected chi connectivity index (χ3v) is 3.50. The Labute approximate surface area is 126 Å². The second kappa shape index (κ2) is 5.33. The molecule has 1 amide bonds. The van der Waals surface area contributed by atoms with E-state index in [1.54, 1.807) is 6.07 Å². The number of hydrogen-bond acceptors (Lipinski definition) is 3. The summed E-state index contributed by atoms with van der Waals surface area (Å²) in [7, 11) is 0. The van der Waals surface area contributed by atoms with E-state index in [0.29, 0.717) is 11.5 Å². The van der Waals surface area contributed by atoms with E-state index in [9.17, 15) is 13.6 Å². The average Bonchev–Trinajstić information content (AvgIpc) is 2.92. The smallest absolute Gasteiger partial charge is 0.255 e. The summed E-state index contributed by atoms with van der Waals surface area (Å²) >= 11 is 2.87. The van der Waals surface area contributed by atoms with Crippen molar-refractivity contribution in [3.63, 3.8) is 0 Å². The molecule has 108 valence electrons. The van der Waals surface area contributed by atoms with E-state index in [-0.39, 0.29) is 22.5 Å². The number of amides is 1. The second-order valence-electron chi connectivity index (χ2n) is 4.27. The van der Waals surface area contributed by atoms with Crippen LogP contribution in [0.3, 0.4) is 0 Å². The Morgan fingerprint density at radius 1 is 1.10 bits per heavy atom. The lowest BCUT2D eigenvalue weighted by molar-refractivity contribution is 0.102. The molecule has 1 heterocycles. The number of carbonyl (C=O) groups excluding carboxylic acids is 1. The van der Waals surface area contributed by atoms with Crippen molar-refractivity contribution in [1.29, 1.82) is 0 Å². The molecule has 0 saturated carbocycles. The Morgan fingerprint density at radius 2 is 1.86 bits per heavy atom. The molecule has 0 aromatic heterocycles. The van der Waals surface area contributed by atoms with E-state index in [4.69, 9.17) is 9.47 Å². The van der Waals surface area contributed by atoms with Gasteiger partial charge in [-0.15, -0.1) is 0 Å². The molecule has 0 aliphatic carbocycles. The highest BCUT2D eigenvalue weighted by Gasteiger charge is 2.17. The number of halogens is 3. The Hall–Kier alpha value is -2.15. The molecule has 21 heavy (non-hydrogen) atoms. The van der Waals surface area contributed by atoms with Gasteiger partial charge in [-0.3, -0.25) is 4.79 Å². The van der Waals surface area contributed by atoms with Gasteiger partial charge in [-0.05, 0) is 40.2 Å². The SMILES string of the molecule is O=C(Nc1cc(F)c(Br)cc1F)c1ccc2c(c1)OCO2. The van der Waals surface area contributed by atoms with Crippen molar-refractivity contribution in [3.8, 4) is 11.5 Å². The monoisotopic (exact) mass is 355 g/mol. The highest BCUT2D eigenvalue weighted by molar-refractivity contribution is 9.10. The second-order valence-corrected chi connectivity index (χ2v) is 5.12. The summed E-state index contributed by atoms with van der Waals surface area (Å²) in [6.45, 7) is 0.0902. The van der Waals surface area contributed by atoms with Crippen LogP contribution in [0.4, 0.5) is 14.5 Å². The Kier molecular flexibility index (Phi) is 3.50. The van der Waals surface area contributed by atoms with Crippen molar-refractivity contribution in [2.75, 3.05) is 12.1 Å². The minimum Gasteiger partial charge on any atom is -0.454 e. The third kappa shape index (κ3) is 2.69. The van der Waals surface area contributed by atoms with Crippen LogP contribution < -0.4 is 14.8 Å². The summed E-state index contributed by atoms with van der Waals surface area (Å²) < 4.78 is 37.3. The number of benzene rings is 2. The van der Waals surface area contributed by atoms with Gasteiger partial charge in [-0.2, -0.15) is 0 Å². The van der Waals surface area contributed by atoms with Crippen molar-refractivity contribution in [2.45, 2.75) is 0 Å². The first-order chi connectivity index (χ1) is 10.0. The number of hydrogen-bond donors (Lipinski definition) is 1. The van der Waals surface area contributed by atoms with Gasteiger partial charge in [0.05, 0.1) is 10.2 Å². The maximum Gasteiger partial charge on any atom is 0.255 e. The van der Waals surface area contributed by atoms with Crippen LogP contribution in [0.5, 0.6) is 11.5 Å². The largest absolute Gasteiger partial charge is 0.454 e. The van der Waals surface area contributed by atoms with E-state index in [2.05, 4.69) is 21.2 Å². The molecule has 1 aliphatic rings. The van der Waals surface area contributed by atoms with Gasteiger partial charge in [0, 0.05) is 11.6 Å². The van der Waals surface area contributed by atoms with Gasteiger partial charge in [0.25, 0.3) is 5.91 Å². The van der Waals surface area contributed by atoms with Crippen LogP contribution in [-0.4, -0.2) is 12.7 Å². The van der Waals surface area contributed by atoms with Gasteiger partial charge in [-0.25, -0.2) is 8.78 Å². The third-order valence-electron chi connectivity index (χ3n) is 2.89. The van der Waals surface area contributed by atoms with Gasteiger partial charge in [0.15, 0.2) is 11.5 Å². The van der Waals surface area contributed by atoms with Gasteiger partial charge < -0.3 is 14.8 Å². The molecule has 2 aromatic rings. The Balaban J connectivity index is 1.85. The summed E-state index contributed by atoms with van der Waals surface area (Å²) in [5.41, 5.74) is 0.0142. The standard InChI is InChI=1S/C14H8BrF2NO3/c15-8-4-10(17)11(5-9(8)16)18-14(19)7-1-2-12-13(3-7)21-6-20-12/h1-5H,6H2,(H,18,19). The van der Waals surface area contributed by atoms with Crippen LogP contribution in [-0.2, 0) is 0 Å². The molecular formula is C14H8BrF2NO3. The number of nitrogens with one attached hydrogen (secondary N) is 1. The highest BCUT2D eigenvalue weighted by atomic mass is 79.9. The molecule has 0 unspecified atom stereocenters. The molecule has 1 N–H and O–H groups in total. The number of fused-ring (bicyclic) bond motifs is 1. The van der Waals surface area contributed by atoms with E-state index < -0.39 is 17.5 Å². The van der Waals surface area contributed by atoms with Gasteiger partial charge in [0.1, 0.15) is 11.6 Å². The highest BCUT2D eigenvalue weighted by Crippen LogP contribution is 2.33. The van der Waals surface area contributed by atoms with E-state index in [1.807, 2.05) is 0 Å². The summed E-state index contributed by atoms with van der Waals surface area (Å²) in [6.07, 6.45) is 0. The number of carbonyl (C=O) groups is 1. The maximum absolute atomic E-state index is 13.7. The quantitative estimate of drug-likeness (QED) is 0.835. The zero-order valence-electron chi connectivity index (χ0n) is 10.5.